The minimum atomic E-state index is -0.516. The van der Waals surface area contributed by atoms with Crippen LogP contribution >= 0.6 is 0 Å². The molecule has 0 heterocycles. The average molecular weight is 312 g/mol. The van der Waals surface area contributed by atoms with Gasteiger partial charge in [0.25, 0.3) is 11.6 Å². The zero-order valence-corrected chi connectivity index (χ0v) is 13.1. The molecule has 0 fully saturated rings. The monoisotopic (exact) mass is 312 g/mol. The highest BCUT2D eigenvalue weighted by Crippen LogP contribution is 2.27. The van der Waals surface area contributed by atoms with Crippen LogP contribution in [0.2, 0.25) is 0 Å². The molecule has 0 aliphatic carbocycles. The number of carbonyl (C=O) groups is 2. The van der Waals surface area contributed by atoms with Crippen LogP contribution in [0.5, 0.6) is 0 Å². The third kappa shape index (κ3) is 3.26. The van der Waals surface area contributed by atoms with Gasteiger partial charge < -0.3 is 0 Å². The Morgan fingerprint density at radius 1 is 1.04 bits per heavy atom. The van der Waals surface area contributed by atoms with E-state index in [2.05, 4.69) is 0 Å². The topological polar surface area (TPSA) is 80.5 Å². The van der Waals surface area contributed by atoms with E-state index in [1.54, 1.807) is 38.1 Å². The minimum absolute atomic E-state index is 0.0851. The standard InChI is InChI=1S/C17H16N2O4/c1-11-6-4-5-7-15(11)17(21)18(13(3)20)16-9-8-14(19(22)23)10-12(16)2/h4-10H,1-3H3. The molecule has 23 heavy (non-hydrogen) atoms. The molecule has 0 unspecified atom stereocenters. The normalized spacial score (nSPS) is 10.2. The maximum absolute atomic E-state index is 12.7. The summed E-state index contributed by atoms with van der Waals surface area (Å²) in [5, 5.41) is 10.8. The maximum atomic E-state index is 12.7. The number of amides is 2. The van der Waals surface area contributed by atoms with Gasteiger partial charge in [-0.3, -0.25) is 19.7 Å². The van der Waals surface area contributed by atoms with Gasteiger partial charge in [-0.25, -0.2) is 4.90 Å². The number of anilines is 1. The van der Waals surface area contributed by atoms with E-state index in [1.165, 1.54) is 25.1 Å². The molecule has 0 aliphatic rings. The van der Waals surface area contributed by atoms with Crippen LogP contribution in [0.15, 0.2) is 42.5 Å². The van der Waals surface area contributed by atoms with Gasteiger partial charge in [0, 0.05) is 24.6 Å². The van der Waals surface area contributed by atoms with Crippen molar-refractivity contribution in [2.24, 2.45) is 0 Å². The number of benzene rings is 2. The second kappa shape index (κ2) is 6.39. The van der Waals surface area contributed by atoms with Gasteiger partial charge in [-0.05, 0) is 37.1 Å². The molecule has 0 saturated heterocycles. The molecular weight excluding hydrogens is 296 g/mol. The summed E-state index contributed by atoms with van der Waals surface area (Å²) in [5.74, 6) is -0.900. The van der Waals surface area contributed by atoms with Crippen LogP contribution in [0.3, 0.4) is 0 Å². The summed E-state index contributed by atoms with van der Waals surface area (Å²) in [5.41, 5.74) is 1.91. The van der Waals surface area contributed by atoms with E-state index in [9.17, 15) is 19.7 Å². The van der Waals surface area contributed by atoms with Gasteiger partial charge in [-0.15, -0.1) is 0 Å². The van der Waals surface area contributed by atoms with Crippen LogP contribution in [0.4, 0.5) is 11.4 Å². The summed E-state index contributed by atoms with van der Waals surface area (Å²) in [6.07, 6.45) is 0. The van der Waals surface area contributed by atoms with E-state index >= 15 is 0 Å². The van der Waals surface area contributed by atoms with E-state index < -0.39 is 16.7 Å². The molecule has 0 N–H and O–H groups in total. The lowest BCUT2D eigenvalue weighted by Gasteiger charge is -2.22. The molecule has 0 bridgehead atoms. The number of hydrogen-bond donors (Lipinski definition) is 0. The third-order valence-corrected chi connectivity index (χ3v) is 3.53. The van der Waals surface area contributed by atoms with Crippen LogP contribution in [0.1, 0.15) is 28.4 Å². The average Bonchev–Trinajstić information content (AvgIpc) is 2.48. The SMILES string of the molecule is CC(=O)N(C(=O)c1ccccc1C)c1ccc([N+](=O)[O-])cc1C. The van der Waals surface area contributed by atoms with Crippen molar-refractivity contribution in [3.63, 3.8) is 0 Å². The van der Waals surface area contributed by atoms with Crippen molar-refractivity contribution >= 4 is 23.2 Å². The Kier molecular flexibility index (Phi) is 4.55. The zero-order chi connectivity index (χ0) is 17.1. The lowest BCUT2D eigenvalue weighted by molar-refractivity contribution is -0.384. The van der Waals surface area contributed by atoms with Crippen LogP contribution in [0.25, 0.3) is 0 Å². The Hall–Kier alpha value is -3.02. The van der Waals surface area contributed by atoms with E-state index in [0.29, 0.717) is 16.8 Å². The van der Waals surface area contributed by atoms with Gasteiger partial charge in [-0.2, -0.15) is 0 Å². The number of imide groups is 1. The molecule has 0 atom stereocenters. The Balaban J connectivity index is 2.52. The largest absolute Gasteiger partial charge is 0.274 e. The highest BCUT2D eigenvalue weighted by molar-refractivity contribution is 6.21. The summed E-state index contributed by atoms with van der Waals surface area (Å²) in [7, 11) is 0. The molecule has 118 valence electrons. The Morgan fingerprint density at radius 2 is 1.70 bits per heavy atom. The van der Waals surface area contributed by atoms with Crippen LogP contribution < -0.4 is 4.90 Å². The molecule has 0 saturated carbocycles. The van der Waals surface area contributed by atoms with Crippen molar-refractivity contribution in [2.45, 2.75) is 20.8 Å². The lowest BCUT2D eigenvalue weighted by atomic mass is 10.1. The van der Waals surface area contributed by atoms with Crippen molar-refractivity contribution in [3.8, 4) is 0 Å². The Bertz CT molecular complexity index is 799. The van der Waals surface area contributed by atoms with E-state index in [4.69, 9.17) is 0 Å². The zero-order valence-electron chi connectivity index (χ0n) is 13.1. The third-order valence-electron chi connectivity index (χ3n) is 3.53. The summed E-state index contributed by atoms with van der Waals surface area (Å²) in [6.45, 7) is 4.70. The number of rotatable bonds is 3. The van der Waals surface area contributed by atoms with Crippen molar-refractivity contribution in [1.82, 2.24) is 0 Å². The summed E-state index contributed by atoms with van der Waals surface area (Å²) in [4.78, 5) is 36.1. The molecule has 2 amide bonds. The molecular formula is C17H16N2O4. The molecule has 2 aromatic carbocycles. The van der Waals surface area contributed by atoms with E-state index in [-0.39, 0.29) is 5.69 Å². The van der Waals surface area contributed by atoms with Crippen LogP contribution in [-0.4, -0.2) is 16.7 Å². The fraction of sp³-hybridized carbons (Fsp3) is 0.176. The van der Waals surface area contributed by atoms with Gasteiger partial charge in [0.15, 0.2) is 0 Å². The number of carbonyl (C=O) groups excluding carboxylic acids is 2. The summed E-state index contributed by atoms with van der Waals surface area (Å²) >= 11 is 0. The molecule has 0 spiro atoms. The second-order valence-electron chi connectivity index (χ2n) is 5.20. The first kappa shape index (κ1) is 16.4. The first-order valence-corrected chi connectivity index (χ1v) is 6.98. The van der Waals surface area contributed by atoms with Crippen LogP contribution in [-0.2, 0) is 4.79 Å². The summed E-state index contributed by atoms with van der Waals surface area (Å²) in [6, 6.07) is 11.0. The number of non-ortho nitro benzene ring substituents is 1. The number of aryl methyl sites for hydroxylation is 2. The quantitative estimate of drug-likeness (QED) is 0.642. The maximum Gasteiger partial charge on any atom is 0.269 e. The van der Waals surface area contributed by atoms with Gasteiger partial charge in [0.05, 0.1) is 10.6 Å². The summed E-state index contributed by atoms with van der Waals surface area (Å²) < 4.78 is 0. The number of nitrogens with zero attached hydrogens (tertiary/aromatic N) is 2. The molecule has 6 heteroatoms. The first-order valence-electron chi connectivity index (χ1n) is 6.98. The van der Waals surface area contributed by atoms with E-state index in [0.717, 1.165) is 10.5 Å². The van der Waals surface area contributed by atoms with E-state index in [1.807, 2.05) is 0 Å². The minimum Gasteiger partial charge on any atom is -0.274 e. The van der Waals surface area contributed by atoms with Crippen LogP contribution in [0, 0.1) is 24.0 Å². The molecule has 0 aliphatic heterocycles. The van der Waals surface area contributed by atoms with Gasteiger partial charge in [0.1, 0.15) is 0 Å². The number of nitro benzene ring substituents is 1. The lowest BCUT2D eigenvalue weighted by Crippen LogP contribution is -2.36. The van der Waals surface area contributed by atoms with Gasteiger partial charge in [-0.1, -0.05) is 18.2 Å². The first-order chi connectivity index (χ1) is 10.8. The molecule has 6 nitrogen and oxygen atoms in total. The van der Waals surface area contributed by atoms with Crippen molar-refractivity contribution < 1.29 is 14.5 Å². The highest BCUT2D eigenvalue weighted by atomic mass is 16.6. The fourth-order valence-corrected chi connectivity index (χ4v) is 2.36. The van der Waals surface area contributed by atoms with Crippen molar-refractivity contribution in [1.29, 1.82) is 0 Å². The van der Waals surface area contributed by atoms with Crippen molar-refractivity contribution in [2.75, 3.05) is 4.90 Å². The predicted molar refractivity (Wildman–Crippen MR) is 86.5 cm³/mol. The Labute approximate surface area is 133 Å². The fourth-order valence-electron chi connectivity index (χ4n) is 2.36. The Morgan fingerprint density at radius 3 is 2.22 bits per heavy atom. The van der Waals surface area contributed by atoms with Gasteiger partial charge in [0.2, 0.25) is 5.91 Å². The molecule has 2 rings (SSSR count). The molecule has 2 aromatic rings. The smallest absolute Gasteiger partial charge is 0.269 e. The van der Waals surface area contributed by atoms with Gasteiger partial charge >= 0.3 is 0 Å². The van der Waals surface area contributed by atoms with Crippen molar-refractivity contribution in [3.05, 3.63) is 69.3 Å². The molecule has 0 aromatic heterocycles. The predicted octanol–water partition coefficient (Wildman–Crippen LogP) is 3.40. The highest BCUT2D eigenvalue weighted by Gasteiger charge is 2.25. The number of nitro groups is 1. The second-order valence-corrected chi connectivity index (χ2v) is 5.20. The number of hydrogen-bond acceptors (Lipinski definition) is 4. The molecule has 0 radical (unpaired) electrons.